The summed E-state index contributed by atoms with van der Waals surface area (Å²) in [7, 11) is 0. The van der Waals surface area contributed by atoms with Gasteiger partial charge in [-0.2, -0.15) is 5.26 Å². The molecule has 0 radical (unpaired) electrons. The standard InChI is InChI=1S/C23H25N3O4S2/c24-12-19-18-7-5-15(14-30-23(29)26-9-1-3-16(27)13-26)11-20(18)32-22(19)25-21(28)8-6-17-4-2-10-31-17/h2,4,6,8,10,15-16,27H,1,3,5,7,9,11,13-14H2,(H,25,28). The van der Waals surface area contributed by atoms with E-state index in [1.807, 2.05) is 17.5 Å². The number of aliphatic hydroxyl groups is 1. The van der Waals surface area contributed by atoms with Crippen LogP contribution in [0.1, 0.15) is 40.1 Å². The van der Waals surface area contributed by atoms with Crippen LogP contribution in [0.15, 0.2) is 23.6 Å². The number of β-amino-alcohol motifs (C(OH)–C–C–N with tert-alkyl or cyclic N) is 1. The van der Waals surface area contributed by atoms with Crippen molar-refractivity contribution in [3.05, 3.63) is 44.5 Å². The maximum Gasteiger partial charge on any atom is 0.409 e. The first-order chi connectivity index (χ1) is 15.5. The van der Waals surface area contributed by atoms with Crippen LogP contribution in [0.2, 0.25) is 0 Å². The summed E-state index contributed by atoms with van der Waals surface area (Å²) < 4.78 is 5.52. The Bertz CT molecular complexity index is 1040. The molecule has 2 N–H and O–H groups in total. The highest BCUT2D eigenvalue weighted by molar-refractivity contribution is 7.16. The number of anilines is 1. The van der Waals surface area contributed by atoms with Gasteiger partial charge in [0.05, 0.1) is 18.3 Å². The Kier molecular flexibility index (Phi) is 7.25. The van der Waals surface area contributed by atoms with Crippen molar-refractivity contribution < 1.29 is 19.4 Å². The number of nitrogens with zero attached hydrogens (tertiary/aromatic N) is 2. The molecule has 4 rings (SSSR count). The summed E-state index contributed by atoms with van der Waals surface area (Å²) in [4.78, 5) is 28.3. The van der Waals surface area contributed by atoms with E-state index >= 15 is 0 Å². The highest BCUT2D eigenvalue weighted by Gasteiger charge is 2.28. The van der Waals surface area contributed by atoms with Gasteiger partial charge in [-0.25, -0.2) is 4.79 Å². The van der Waals surface area contributed by atoms with Gasteiger partial charge in [0.1, 0.15) is 11.1 Å². The van der Waals surface area contributed by atoms with E-state index in [1.165, 1.54) is 17.4 Å². The van der Waals surface area contributed by atoms with Crippen LogP contribution in [0.25, 0.3) is 6.08 Å². The number of thiophene rings is 2. The number of amides is 2. The second-order valence-electron chi connectivity index (χ2n) is 8.09. The molecule has 2 unspecified atom stereocenters. The highest BCUT2D eigenvalue weighted by Crippen LogP contribution is 2.39. The molecule has 0 spiro atoms. The molecule has 1 fully saturated rings. The van der Waals surface area contributed by atoms with Crippen molar-refractivity contribution in [1.82, 2.24) is 4.90 Å². The quantitative estimate of drug-likeness (QED) is 0.641. The van der Waals surface area contributed by atoms with Crippen molar-refractivity contribution in [2.75, 3.05) is 25.0 Å². The van der Waals surface area contributed by atoms with Gasteiger partial charge in [-0.3, -0.25) is 4.79 Å². The molecule has 2 atom stereocenters. The lowest BCUT2D eigenvalue weighted by Gasteiger charge is -2.30. The van der Waals surface area contributed by atoms with Crippen LogP contribution in [-0.2, 0) is 22.4 Å². The number of hydrogen-bond acceptors (Lipinski definition) is 7. The number of nitrogens with one attached hydrogen (secondary N) is 1. The lowest BCUT2D eigenvalue weighted by Crippen LogP contribution is -2.42. The maximum absolute atomic E-state index is 12.3. The number of piperidine rings is 1. The van der Waals surface area contributed by atoms with Gasteiger partial charge in [-0.15, -0.1) is 22.7 Å². The number of ether oxygens (including phenoxy) is 1. The van der Waals surface area contributed by atoms with Crippen LogP contribution in [0.3, 0.4) is 0 Å². The molecule has 0 aromatic carbocycles. The van der Waals surface area contributed by atoms with Crippen molar-refractivity contribution in [3.8, 4) is 6.07 Å². The van der Waals surface area contributed by atoms with E-state index in [-0.39, 0.29) is 17.9 Å². The van der Waals surface area contributed by atoms with Gasteiger partial charge in [0.15, 0.2) is 0 Å². The fraction of sp³-hybridized carbons (Fsp3) is 0.435. The van der Waals surface area contributed by atoms with Gasteiger partial charge in [-0.05, 0) is 61.1 Å². The summed E-state index contributed by atoms with van der Waals surface area (Å²) >= 11 is 2.98. The Morgan fingerprint density at radius 1 is 1.41 bits per heavy atom. The zero-order valence-corrected chi connectivity index (χ0v) is 19.2. The fourth-order valence-corrected chi connectivity index (χ4v) is 6.03. The first-order valence-corrected chi connectivity index (χ1v) is 12.4. The molecule has 3 heterocycles. The highest BCUT2D eigenvalue weighted by atomic mass is 32.1. The van der Waals surface area contributed by atoms with Crippen LogP contribution in [0.4, 0.5) is 9.80 Å². The summed E-state index contributed by atoms with van der Waals surface area (Å²) in [6.07, 6.45) is 6.15. The van der Waals surface area contributed by atoms with Gasteiger partial charge in [0, 0.05) is 28.9 Å². The number of likely N-dealkylation sites (tertiary alicyclic amines) is 1. The first-order valence-electron chi connectivity index (χ1n) is 10.7. The number of carbonyl (C=O) groups excluding carboxylic acids is 2. The molecule has 9 heteroatoms. The normalized spacial score (nSPS) is 20.6. The predicted molar refractivity (Wildman–Crippen MR) is 125 cm³/mol. The van der Waals surface area contributed by atoms with Crippen LogP contribution in [0, 0.1) is 17.2 Å². The van der Waals surface area contributed by atoms with Gasteiger partial charge in [-0.1, -0.05) is 6.07 Å². The zero-order valence-electron chi connectivity index (χ0n) is 17.6. The van der Waals surface area contributed by atoms with Crippen molar-refractivity contribution in [3.63, 3.8) is 0 Å². The second-order valence-corrected chi connectivity index (χ2v) is 10.2. The molecule has 1 saturated heterocycles. The van der Waals surface area contributed by atoms with E-state index in [2.05, 4.69) is 11.4 Å². The summed E-state index contributed by atoms with van der Waals surface area (Å²) in [6.45, 7) is 1.26. The van der Waals surface area contributed by atoms with E-state index in [9.17, 15) is 20.0 Å². The van der Waals surface area contributed by atoms with Crippen molar-refractivity contribution in [2.24, 2.45) is 5.92 Å². The second kappa shape index (κ2) is 10.3. The molecule has 1 aliphatic carbocycles. The van der Waals surface area contributed by atoms with Crippen molar-refractivity contribution >= 4 is 45.8 Å². The molecular weight excluding hydrogens is 446 g/mol. The Balaban J connectivity index is 1.35. The Morgan fingerprint density at radius 2 is 2.28 bits per heavy atom. The lowest BCUT2D eigenvalue weighted by atomic mass is 9.88. The third-order valence-corrected chi connectivity index (χ3v) is 7.76. The molecule has 1 aliphatic heterocycles. The van der Waals surface area contributed by atoms with Crippen LogP contribution in [-0.4, -0.2) is 47.8 Å². The number of fused-ring (bicyclic) bond motifs is 1. The van der Waals surface area contributed by atoms with E-state index in [0.29, 0.717) is 36.7 Å². The summed E-state index contributed by atoms with van der Waals surface area (Å²) in [5.74, 6) is -0.0867. The van der Waals surface area contributed by atoms with Gasteiger partial charge in [0.25, 0.3) is 0 Å². The third kappa shape index (κ3) is 5.38. The Morgan fingerprint density at radius 3 is 3.03 bits per heavy atom. The monoisotopic (exact) mass is 471 g/mol. The molecule has 168 valence electrons. The first kappa shape index (κ1) is 22.5. The molecule has 2 aliphatic rings. The number of aliphatic hydroxyl groups excluding tert-OH is 1. The maximum atomic E-state index is 12.3. The SMILES string of the molecule is N#Cc1c(NC(=O)C=Cc2cccs2)sc2c1CCC(COC(=O)N1CCCC(O)C1)C2. The van der Waals surface area contributed by atoms with Gasteiger partial charge >= 0.3 is 6.09 Å². The smallest absolute Gasteiger partial charge is 0.409 e. The molecule has 0 bridgehead atoms. The van der Waals surface area contributed by atoms with E-state index in [0.717, 1.165) is 41.0 Å². The zero-order chi connectivity index (χ0) is 22.5. The van der Waals surface area contributed by atoms with E-state index in [1.54, 1.807) is 22.3 Å². The van der Waals surface area contributed by atoms with Crippen molar-refractivity contribution in [2.45, 2.75) is 38.2 Å². The number of carbonyl (C=O) groups is 2. The average molecular weight is 472 g/mol. The minimum atomic E-state index is -0.474. The van der Waals surface area contributed by atoms with Gasteiger partial charge in [0.2, 0.25) is 5.91 Å². The van der Waals surface area contributed by atoms with E-state index in [4.69, 9.17) is 4.74 Å². The summed E-state index contributed by atoms with van der Waals surface area (Å²) in [5, 5.41) is 24.8. The third-order valence-electron chi connectivity index (χ3n) is 5.76. The fourth-order valence-electron chi connectivity index (χ4n) is 4.10. The van der Waals surface area contributed by atoms with Gasteiger partial charge < -0.3 is 20.1 Å². The molecule has 2 aromatic rings. The molecule has 32 heavy (non-hydrogen) atoms. The Labute approximate surface area is 194 Å². The summed E-state index contributed by atoms with van der Waals surface area (Å²) in [6, 6.07) is 6.10. The minimum Gasteiger partial charge on any atom is -0.449 e. The predicted octanol–water partition coefficient (Wildman–Crippen LogP) is 4.03. The van der Waals surface area contributed by atoms with E-state index < -0.39 is 6.10 Å². The van der Waals surface area contributed by atoms with Crippen molar-refractivity contribution in [1.29, 1.82) is 5.26 Å². The van der Waals surface area contributed by atoms with Crippen LogP contribution < -0.4 is 5.32 Å². The molecular formula is C23H25N3O4S2. The molecule has 2 aromatic heterocycles. The lowest BCUT2D eigenvalue weighted by molar-refractivity contribution is -0.111. The average Bonchev–Trinajstić information content (AvgIpc) is 3.43. The Hall–Kier alpha value is -2.67. The van der Waals surface area contributed by atoms with Crippen LogP contribution >= 0.6 is 22.7 Å². The summed E-state index contributed by atoms with van der Waals surface area (Å²) in [5.41, 5.74) is 1.54. The van der Waals surface area contributed by atoms with Crippen LogP contribution in [0.5, 0.6) is 0 Å². The number of hydrogen-bond donors (Lipinski definition) is 2. The minimum absolute atomic E-state index is 0.175. The topological polar surface area (TPSA) is 103 Å². The molecule has 7 nitrogen and oxygen atoms in total. The number of nitriles is 1. The molecule has 2 amide bonds. The molecule has 0 saturated carbocycles. The number of rotatable bonds is 5. The largest absolute Gasteiger partial charge is 0.449 e.